The molecule has 2 heterocycles. The quantitative estimate of drug-likeness (QED) is 0.834. The number of benzene rings is 2. The van der Waals surface area contributed by atoms with Crippen molar-refractivity contribution < 1.29 is 14.3 Å². The lowest BCUT2D eigenvalue weighted by Gasteiger charge is -2.47. The first-order chi connectivity index (χ1) is 13.2. The van der Waals surface area contributed by atoms with Crippen LogP contribution in [0.3, 0.4) is 0 Å². The van der Waals surface area contributed by atoms with Crippen molar-refractivity contribution in [1.29, 1.82) is 0 Å². The van der Waals surface area contributed by atoms with Crippen molar-refractivity contribution in [3.8, 4) is 5.75 Å². The number of carbonyl (C=O) groups is 1. The van der Waals surface area contributed by atoms with Crippen LogP contribution in [-0.4, -0.2) is 49.8 Å². The molecule has 27 heavy (non-hydrogen) atoms. The number of hydrogen-bond donors (Lipinski definition) is 0. The summed E-state index contributed by atoms with van der Waals surface area (Å²) >= 11 is 0. The lowest BCUT2D eigenvalue weighted by atomic mass is 9.88. The first-order valence-corrected chi connectivity index (χ1v) is 9.52. The fourth-order valence-electron chi connectivity index (χ4n) is 3.99. The predicted molar refractivity (Wildman–Crippen MR) is 105 cm³/mol. The van der Waals surface area contributed by atoms with Crippen molar-refractivity contribution in [2.24, 2.45) is 0 Å². The molecular weight excluding hydrogens is 340 g/mol. The van der Waals surface area contributed by atoms with E-state index >= 15 is 0 Å². The maximum atomic E-state index is 12.5. The molecule has 0 atom stereocenters. The molecule has 142 valence electrons. The number of anilines is 1. The van der Waals surface area contributed by atoms with Crippen molar-refractivity contribution in [2.75, 3.05) is 38.3 Å². The second-order valence-corrected chi connectivity index (χ2v) is 7.41. The van der Waals surface area contributed by atoms with E-state index in [1.165, 1.54) is 5.56 Å². The molecule has 0 N–H and O–H groups in total. The summed E-state index contributed by atoms with van der Waals surface area (Å²) in [7, 11) is 1.64. The van der Waals surface area contributed by atoms with Crippen molar-refractivity contribution in [3.05, 3.63) is 60.2 Å². The third-order valence-corrected chi connectivity index (χ3v) is 5.63. The Morgan fingerprint density at radius 2 is 1.85 bits per heavy atom. The van der Waals surface area contributed by atoms with Crippen LogP contribution in [0.2, 0.25) is 0 Å². The molecule has 1 amide bonds. The molecule has 2 aliphatic rings. The average molecular weight is 366 g/mol. The van der Waals surface area contributed by atoms with Gasteiger partial charge in [-0.1, -0.05) is 36.4 Å². The van der Waals surface area contributed by atoms with Gasteiger partial charge in [-0.05, 0) is 30.5 Å². The molecule has 0 radical (unpaired) electrons. The summed E-state index contributed by atoms with van der Waals surface area (Å²) in [5.74, 6) is 0.777. The molecule has 0 bridgehead atoms. The van der Waals surface area contributed by atoms with Gasteiger partial charge in [-0.15, -0.1) is 0 Å². The highest BCUT2D eigenvalue weighted by Crippen LogP contribution is 2.34. The Morgan fingerprint density at radius 1 is 1.07 bits per heavy atom. The third kappa shape index (κ3) is 3.99. The molecule has 0 aliphatic carbocycles. The van der Waals surface area contributed by atoms with E-state index in [-0.39, 0.29) is 18.1 Å². The molecule has 5 nitrogen and oxygen atoms in total. The normalized spacial score (nSPS) is 20.0. The Hall–Kier alpha value is -2.37. The lowest BCUT2D eigenvalue weighted by molar-refractivity contribution is -0.144. The van der Waals surface area contributed by atoms with E-state index in [1.54, 1.807) is 7.11 Å². The van der Waals surface area contributed by atoms with E-state index in [4.69, 9.17) is 9.47 Å². The maximum absolute atomic E-state index is 12.5. The SMILES string of the molecule is COc1cccc(N2CC3(CCN(Cc4ccccc4)CC3)OCC2=O)c1. The molecule has 2 aliphatic heterocycles. The van der Waals surface area contributed by atoms with Gasteiger partial charge in [-0.25, -0.2) is 0 Å². The highest BCUT2D eigenvalue weighted by atomic mass is 16.5. The number of piperidine rings is 1. The maximum Gasteiger partial charge on any atom is 0.253 e. The second-order valence-electron chi connectivity index (χ2n) is 7.41. The van der Waals surface area contributed by atoms with Gasteiger partial charge in [0.2, 0.25) is 0 Å². The topological polar surface area (TPSA) is 42.0 Å². The molecular formula is C22H26N2O3. The van der Waals surface area contributed by atoms with Crippen LogP contribution in [0, 0.1) is 0 Å². The molecule has 2 fully saturated rings. The number of methoxy groups -OCH3 is 1. The zero-order valence-electron chi connectivity index (χ0n) is 15.8. The fourth-order valence-corrected chi connectivity index (χ4v) is 3.99. The third-order valence-electron chi connectivity index (χ3n) is 5.63. The van der Waals surface area contributed by atoms with E-state index in [1.807, 2.05) is 29.2 Å². The number of hydrogen-bond acceptors (Lipinski definition) is 4. The minimum Gasteiger partial charge on any atom is -0.497 e. The smallest absolute Gasteiger partial charge is 0.253 e. The van der Waals surface area contributed by atoms with Crippen LogP contribution < -0.4 is 9.64 Å². The Labute approximate surface area is 160 Å². The van der Waals surface area contributed by atoms with E-state index < -0.39 is 0 Å². The summed E-state index contributed by atoms with van der Waals surface area (Å²) in [4.78, 5) is 16.8. The number of ether oxygens (including phenoxy) is 2. The number of nitrogens with zero attached hydrogens (tertiary/aromatic N) is 2. The number of morpholine rings is 1. The van der Waals surface area contributed by atoms with Crippen molar-refractivity contribution in [2.45, 2.75) is 25.0 Å². The van der Waals surface area contributed by atoms with Crippen LogP contribution in [-0.2, 0) is 16.1 Å². The Kier molecular flexibility index (Phi) is 5.14. The highest BCUT2D eigenvalue weighted by molar-refractivity contribution is 5.95. The molecule has 2 saturated heterocycles. The van der Waals surface area contributed by atoms with E-state index in [9.17, 15) is 4.79 Å². The number of carbonyl (C=O) groups excluding carboxylic acids is 1. The number of rotatable bonds is 4. The number of amides is 1. The average Bonchev–Trinajstić information content (AvgIpc) is 2.73. The largest absolute Gasteiger partial charge is 0.497 e. The van der Waals surface area contributed by atoms with Crippen LogP contribution in [0.25, 0.3) is 0 Å². The summed E-state index contributed by atoms with van der Waals surface area (Å²) in [6, 6.07) is 18.3. The predicted octanol–water partition coefficient (Wildman–Crippen LogP) is 3.09. The Bertz CT molecular complexity index is 785. The van der Waals surface area contributed by atoms with E-state index in [2.05, 4.69) is 35.2 Å². The van der Waals surface area contributed by atoms with Gasteiger partial charge < -0.3 is 14.4 Å². The van der Waals surface area contributed by atoms with Gasteiger partial charge in [-0.2, -0.15) is 0 Å². The van der Waals surface area contributed by atoms with Crippen LogP contribution in [0.4, 0.5) is 5.69 Å². The summed E-state index contributed by atoms with van der Waals surface area (Å²) < 4.78 is 11.4. The van der Waals surface area contributed by atoms with Gasteiger partial charge in [0.1, 0.15) is 12.4 Å². The fraction of sp³-hybridized carbons (Fsp3) is 0.409. The van der Waals surface area contributed by atoms with Crippen LogP contribution in [0.15, 0.2) is 54.6 Å². The highest BCUT2D eigenvalue weighted by Gasteiger charge is 2.42. The number of likely N-dealkylation sites (tertiary alicyclic amines) is 1. The molecule has 0 unspecified atom stereocenters. The van der Waals surface area contributed by atoms with Crippen molar-refractivity contribution in [3.63, 3.8) is 0 Å². The van der Waals surface area contributed by atoms with E-state index in [0.717, 1.165) is 43.9 Å². The molecule has 0 aromatic heterocycles. The molecule has 1 spiro atoms. The second kappa shape index (κ2) is 7.71. The van der Waals surface area contributed by atoms with Crippen LogP contribution in [0.1, 0.15) is 18.4 Å². The first kappa shape index (κ1) is 18.0. The molecule has 0 saturated carbocycles. The molecule has 2 aromatic rings. The van der Waals surface area contributed by atoms with Crippen LogP contribution >= 0.6 is 0 Å². The van der Waals surface area contributed by atoms with Gasteiger partial charge in [0.05, 0.1) is 19.3 Å². The summed E-state index contributed by atoms with van der Waals surface area (Å²) in [6.07, 6.45) is 1.88. The monoisotopic (exact) mass is 366 g/mol. The summed E-state index contributed by atoms with van der Waals surface area (Å²) in [5.41, 5.74) is 1.98. The standard InChI is InChI=1S/C22H26N2O3/c1-26-20-9-5-8-19(14-20)24-17-22(27-16-21(24)25)10-12-23(13-11-22)15-18-6-3-2-4-7-18/h2-9,14H,10-13,15-17H2,1H3. The molecule has 2 aromatic carbocycles. The minimum absolute atomic E-state index is 0.0144. The molecule has 4 rings (SSSR count). The zero-order valence-corrected chi connectivity index (χ0v) is 15.8. The van der Waals surface area contributed by atoms with Gasteiger partial charge in [0, 0.05) is 31.4 Å². The first-order valence-electron chi connectivity index (χ1n) is 9.52. The van der Waals surface area contributed by atoms with Gasteiger partial charge in [0.15, 0.2) is 0 Å². The van der Waals surface area contributed by atoms with Gasteiger partial charge in [0.25, 0.3) is 5.91 Å². The zero-order chi connectivity index (χ0) is 18.7. The van der Waals surface area contributed by atoms with Crippen molar-refractivity contribution in [1.82, 2.24) is 4.90 Å². The minimum atomic E-state index is -0.246. The van der Waals surface area contributed by atoms with Crippen LogP contribution in [0.5, 0.6) is 5.75 Å². The Balaban J connectivity index is 1.43. The van der Waals surface area contributed by atoms with Crippen molar-refractivity contribution >= 4 is 11.6 Å². The summed E-state index contributed by atoms with van der Waals surface area (Å²) in [6.45, 7) is 3.69. The van der Waals surface area contributed by atoms with Gasteiger partial charge in [-0.3, -0.25) is 9.69 Å². The van der Waals surface area contributed by atoms with E-state index in [0.29, 0.717) is 6.54 Å². The van der Waals surface area contributed by atoms with Gasteiger partial charge >= 0.3 is 0 Å². The molecule has 5 heteroatoms. The lowest BCUT2D eigenvalue weighted by Crippen LogP contribution is -2.58. The Morgan fingerprint density at radius 3 is 2.59 bits per heavy atom. The summed E-state index contributed by atoms with van der Waals surface area (Å²) in [5, 5.41) is 0.